The van der Waals surface area contributed by atoms with Crippen LogP contribution < -0.4 is 5.32 Å². The van der Waals surface area contributed by atoms with Gasteiger partial charge in [-0.3, -0.25) is 0 Å². The van der Waals surface area contributed by atoms with Crippen molar-refractivity contribution in [2.24, 2.45) is 0 Å². The Balaban J connectivity index is 1.97. The molecule has 0 saturated heterocycles. The quantitative estimate of drug-likeness (QED) is 0.496. The number of unbranched alkanes of at least 4 members (excludes halogenated alkanes) is 2. The van der Waals surface area contributed by atoms with Gasteiger partial charge >= 0.3 is 6.09 Å². The lowest BCUT2D eigenvalue weighted by atomic mass is 9.79. The SMILES string of the molecule is CCCCCC(C)(C)c1ccc(CCNC(=O)O)c(-n2nc3ccccc3n2)c1. The molecule has 1 amide bonds. The van der Waals surface area contributed by atoms with Crippen LogP contribution in [-0.2, 0) is 11.8 Å². The summed E-state index contributed by atoms with van der Waals surface area (Å²) >= 11 is 0. The number of rotatable bonds is 9. The van der Waals surface area contributed by atoms with Crippen LogP contribution in [0, 0.1) is 0 Å². The van der Waals surface area contributed by atoms with Gasteiger partial charge in [0.2, 0.25) is 0 Å². The lowest BCUT2D eigenvalue weighted by Gasteiger charge is -2.26. The molecule has 3 rings (SSSR count). The monoisotopic (exact) mass is 394 g/mol. The zero-order chi connectivity index (χ0) is 20.9. The van der Waals surface area contributed by atoms with E-state index in [1.807, 2.05) is 24.3 Å². The molecule has 6 heteroatoms. The number of hydrogen-bond donors (Lipinski definition) is 2. The van der Waals surface area contributed by atoms with E-state index in [0.717, 1.165) is 28.7 Å². The molecule has 1 aromatic heterocycles. The van der Waals surface area contributed by atoms with Gasteiger partial charge in [0.05, 0.1) is 5.69 Å². The number of benzene rings is 2. The van der Waals surface area contributed by atoms with E-state index in [4.69, 9.17) is 5.11 Å². The van der Waals surface area contributed by atoms with Gasteiger partial charge in [-0.1, -0.05) is 64.3 Å². The first-order valence-corrected chi connectivity index (χ1v) is 10.3. The number of fused-ring (bicyclic) bond motifs is 1. The summed E-state index contributed by atoms with van der Waals surface area (Å²) in [4.78, 5) is 12.5. The Morgan fingerprint density at radius 3 is 2.41 bits per heavy atom. The average molecular weight is 395 g/mol. The minimum atomic E-state index is -1.01. The molecule has 0 saturated carbocycles. The maximum Gasteiger partial charge on any atom is 0.404 e. The Morgan fingerprint density at radius 1 is 1.10 bits per heavy atom. The fourth-order valence-electron chi connectivity index (χ4n) is 3.62. The smallest absolute Gasteiger partial charge is 0.404 e. The molecule has 6 nitrogen and oxygen atoms in total. The van der Waals surface area contributed by atoms with Gasteiger partial charge in [0.15, 0.2) is 0 Å². The lowest BCUT2D eigenvalue weighted by Crippen LogP contribution is -2.24. The second-order valence-corrected chi connectivity index (χ2v) is 8.14. The van der Waals surface area contributed by atoms with Crippen LogP contribution in [0.1, 0.15) is 57.6 Å². The molecule has 29 heavy (non-hydrogen) atoms. The summed E-state index contributed by atoms with van der Waals surface area (Å²) in [5.41, 5.74) is 4.92. The second-order valence-electron chi connectivity index (χ2n) is 8.14. The zero-order valence-electron chi connectivity index (χ0n) is 17.5. The van der Waals surface area contributed by atoms with Crippen LogP contribution in [0.3, 0.4) is 0 Å². The van der Waals surface area contributed by atoms with E-state index < -0.39 is 6.09 Å². The van der Waals surface area contributed by atoms with Gasteiger partial charge in [0.25, 0.3) is 0 Å². The van der Waals surface area contributed by atoms with Crippen molar-refractivity contribution in [2.45, 2.75) is 58.3 Å². The summed E-state index contributed by atoms with van der Waals surface area (Å²) in [6.07, 6.45) is 4.34. The molecular formula is C23H30N4O2. The third kappa shape index (κ3) is 5.13. The highest BCUT2D eigenvalue weighted by Gasteiger charge is 2.22. The first-order chi connectivity index (χ1) is 13.9. The lowest BCUT2D eigenvalue weighted by molar-refractivity contribution is 0.194. The Morgan fingerprint density at radius 2 is 1.79 bits per heavy atom. The predicted molar refractivity (Wildman–Crippen MR) is 116 cm³/mol. The summed E-state index contributed by atoms with van der Waals surface area (Å²) in [7, 11) is 0. The number of nitrogens with zero attached hydrogens (tertiary/aromatic N) is 3. The number of hydrogen-bond acceptors (Lipinski definition) is 3. The minimum Gasteiger partial charge on any atom is -0.465 e. The van der Waals surface area contributed by atoms with Crippen molar-refractivity contribution in [3.8, 4) is 5.69 Å². The highest BCUT2D eigenvalue weighted by molar-refractivity contribution is 5.73. The minimum absolute atomic E-state index is 0.0499. The Hall–Kier alpha value is -2.89. The molecule has 0 aliphatic rings. The van der Waals surface area contributed by atoms with Gasteiger partial charge in [-0.05, 0) is 47.6 Å². The van der Waals surface area contributed by atoms with E-state index in [1.165, 1.54) is 24.8 Å². The molecule has 2 aromatic carbocycles. The fraction of sp³-hybridized carbons (Fsp3) is 0.435. The molecular weight excluding hydrogens is 364 g/mol. The zero-order valence-corrected chi connectivity index (χ0v) is 17.5. The molecule has 0 unspecified atom stereocenters. The summed E-state index contributed by atoms with van der Waals surface area (Å²) in [6, 6.07) is 14.2. The van der Waals surface area contributed by atoms with Gasteiger partial charge in [0.1, 0.15) is 11.0 Å². The predicted octanol–water partition coefficient (Wildman–Crippen LogP) is 5.09. The summed E-state index contributed by atoms with van der Waals surface area (Å²) in [5.74, 6) is 0. The standard InChI is InChI=1S/C23H30N4O2/c1-4-5-8-14-23(2,3)18-12-11-17(13-15-24-22(28)29)21(16-18)27-25-19-9-6-7-10-20(19)26-27/h6-7,9-12,16,24H,4-5,8,13-15H2,1-3H3,(H,28,29). The number of nitrogens with one attached hydrogen (secondary N) is 1. The van der Waals surface area contributed by atoms with Crippen LogP contribution in [0.4, 0.5) is 4.79 Å². The van der Waals surface area contributed by atoms with Gasteiger partial charge in [-0.15, -0.1) is 10.2 Å². The van der Waals surface area contributed by atoms with E-state index in [9.17, 15) is 4.79 Å². The molecule has 0 radical (unpaired) electrons. The molecule has 0 bridgehead atoms. The maximum absolute atomic E-state index is 10.8. The number of aromatic nitrogens is 3. The summed E-state index contributed by atoms with van der Waals surface area (Å²) in [6.45, 7) is 7.13. The van der Waals surface area contributed by atoms with Crippen LogP contribution in [0.25, 0.3) is 16.7 Å². The summed E-state index contributed by atoms with van der Waals surface area (Å²) in [5, 5.41) is 20.6. The van der Waals surface area contributed by atoms with Crippen molar-refractivity contribution in [3.05, 3.63) is 53.6 Å². The van der Waals surface area contributed by atoms with E-state index in [-0.39, 0.29) is 5.41 Å². The molecule has 0 aliphatic carbocycles. The number of amides is 1. The first kappa shape index (κ1) is 20.8. The van der Waals surface area contributed by atoms with Gasteiger partial charge in [-0.25, -0.2) is 4.79 Å². The van der Waals surface area contributed by atoms with Gasteiger partial charge in [0, 0.05) is 6.54 Å². The van der Waals surface area contributed by atoms with E-state index in [2.05, 4.69) is 54.5 Å². The second kappa shape index (κ2) is 9.07. The van der Waals surface area contributed by atoms with Gasteiger partial charge in [-0.2, -0.15) is 4.80 Å². The first-order valence-electron chi connectivity index (χ1n) is 10.3. The molecule has 0 spiro atoms. The molecule has 154 valence electrons. The van der Waals surface area contributed by atoms with Crippen molar-refractivity contribution < 1.29 is 9.90 Å². The maximum atomic E-state index is 10.8. The molecule has 2 N–H and O–H groups in total. The van der Waals surface area contributed by atoms with Crippen molar-refractivity contribution in [1.29, 1.82) is 0 Å². The van der Waals surface area contributed by atoms with Crippen molar-refractivity contribution in [3.63, 3.8) is 0 Å². The number of carbonyl (C=O) groups is 1. The summed E-state index contributed by atoms with van der Waals surface area (Å²) < 4.78 is 0. The van der Waals surface area contributed by atoms with Crippen LogP contribution in [-0.4, -0.2) is 32.7 Å². The highest BCUT2D eigenvalue weighted by atomic mass is 16.4. The number of carboxylic acid groups (broad SMARTS) is 1. The Kier molecular flexibility index (Phi) is 6.52. The van der Waals surface area contributed by atoms with Crippen LogP contribution in [0.15, 0.2) is 42.5 Å². The van der Waals surface area contributed by atoms with E-state index in [0.29, 0.717) is 13.0 Å². The van der Waals surface area contributed by atoms with E-state index >= 15 is 0 Å². The van der Waals surface area contributed by atoms with Crippen molar-refractivity contribution >= 4 is 17.1 Å². The normalized spacial score (nSPS) is 11.7. The van der Waals surface area contributed by atoms with Gasteiger partial charge < -0.3 is 10.4 Å². The largest absolute Gasteiger partial charge is 0.465 e. The molecule has 0 aliphatic heterocycles. The molecule has 0 atom stereocenters. The third-order valence-electron chi connectivity index (χ3n) is 5.44. The topological polar surface area (TPSA) is 80.0 Å². The molecule has 0 fully saturated rings. The highest BCUT2D eigenvalue weighted by Crippen LogP contribution is 2.32. The average Bonchev–Trinajstić information content (AvgIpc) is 3.12. The molecule has 3 aromatic rings. The Bertz CT molecular complexity index is 945. The van der Waals surface area contributed by atoms with E-state index in [1.54, 1.807) is 4.80 Å². The Labute approximate surface area is 171 Å². The van der Waals surface area contributed by atoms with Crippen molar-refractivity contribution in [1.82, 2.24) is 20.3 Å². The van der Waals surface area contributed by atoms with Crippen LogP contribution >= 0.6 is 0 Å². The van der Waals surface area contributed by atoms with Crippen LogP contribution in [0.2, 0.25) is 0 Å². The third-order valence-corrected chi connectivity index (χ3v) is 5.44. The van der Waals surface area contributed by atoms with Crippen molar-refractivity contribution in [2.75, 3.05) is 6.54 Å². The fourth-order valence-corrected chi connectivity index (χ4v) is 3.62. The van der Waals surface area contributed by atoms with Crippen LogP contribution in [0.5, 0.6) is 0 Å². The molecule has 1 heterocycles.